The van der Waals surface area contributed by atoms with Crippen LogP contribution in [0.5, 0.6) is 0 Å². The van der Waals surface area contributed by atoms with Gasteiger partial charge in [-0.3, -0.25) is 9.59 Å². The van der Waals surface area contributed by atoms with Gasteiger partial charge in [-0.05, 0) is 30.9 Å². The molecule has 2 N–H and O–H groups in total. The number of fused-ring (bicyclic) bond motifs is 2. The molecular formula is C16H18N2O3. The van der Waals surface area contributed by atoms with Gasteiger partial charge < -0.3 is 15.3 Å². The standard InChI is InChI=1S/C16H18N2O3/c19-10-5-7-18(8-6-10)14(20)12-9-16(12)11-3-1-2-4-13(11)17-15(16)21/h1-4,10,12,19H,5-9H2,(H,17,21)/t12-,16+/m1/s1. The third-order valence-corrected chi connectivity index (χ3v) is 5.10. The van der Waals surface area contributed by atoms with Crippen LogP contribution in [0.3, 0.4) is 0 Å². The van der Waals surface area contributed by atoms with Crippen molar-refractivity contribution in [2.45, 2.75) is 30.8 Å². The molecule has 2 atom stereocenters. The summed E-state index contributed by atoms with van der Waals surface area (Å²) in [6.07, 6.45) is 1.58. The number of aliphatic hydroxyl groups excluding tert-OH is 1. The van der Waals surface area contributed by atoms with Crippen LogP contribution >= 0.6 is 0 Å². The quantitative estimate of drug-likeness (QED) is 0.805. The van der Waals surface area contributed by atoms with Crippen LogP contribution in [-0.2, 0) is 15.0 Å². The minimum Gasteiger partial charge on any atom is -0.393 e. The fourth-order valence-electron chi connectivity index (χ4n) is 3.75. The van der Waals surface area contributed by atoms with Crippen LogP contribution in [0.2, 0.25) is 0 Å². The summed E-state index contributed by atoms with van der Waals surface area (Å²) >= 11 is 0. The fraction of sp³-hybridized carbons (Fsp3) is 0.500. The van der Waals surface area contributed by atoms with Gasteiger partial charge in [-0.2, -0.15) is 0 Å². The number of carbonyl (C=O) groups is 2. The number of nitrogens with one attached hydrogen (secondary N) is 1. The molecule has 4 rings (SSSR count). The highest BCUT2D eigenvalue weighted by atomic mass is 16.3. The average molecular weight is 286 g/mol. The van der Waals surface area contributed by atoms with Crippen LogP contribution in [0.15, 0.2) is 24.3 Å². The molecule has 0 unspecified atom stereocenters. The van der Waals surface area contributed by atoms with E-state index in [0.29, 0.717) is 32.4 Å². The maximum Gasteiger partial charge on any atom is 0.235 e. The molecule has 2 aliphatic heterocycles. The Morgan fingerprint density at radius 3 is 2.76 bits per heavy atom. The molecule has 2 heterocycles. The number of hydrogen-bond acceptors (Lipinski definition) is 3. The molecule has 5 heteroatoms. The van der Waals surface area contributed by atoms with Crippen LogP contribution in [0, 0.1) is 5.92 Å². The number of carbonyl (C=O) groups excluding carboxylic acids is 2. The second-order valence-electron chi connectivity index (χ2n) is 6.28. The first-order valence-corrected chi connectivity index (χ1v) is 7.51. The van der Waals surface area contributed by atoms with E-state index in [2.05, 4.69) is 5.32 Å². The Balaban J connectivity index is 1.57. The largest absolute Gasteiger partial charge is 0.393 e. The van der Waals surface area contributed by atoms with Crippen molar-refractivity contribution < 1.29 is 14.7 Å². The van der Waals surface area contributed by atoms with E-state index in [1.54, 1.807) is 4.90 Å². The number of benzene rings is 1. The minimum atomic E-state index is -0.635. The van der Waals surface area contributed by atoms with Gasteiger partial charge in [0.05, 0.1) is 17.4 Å². The highest BCUT2D eigenvalue weighted by molar-refractivity contribution is 6.12. The Bertz CT molecular complexity index is 622. The molecule has 21 heavy (non-hydrogen) atoms. The first-order chi connectivity index (χ1) is 10.1. The molecule has 2 amide bonds. The molecule has 0 bridgehead atoms. The fourth-order valence-corrected chi connectivity index (χ4v) is 3.75. The molecule has 5 nitrogen and oxygen atoms in total. The Morgan fingerprint density at radius 1 is 1.29 bits per heavy atom. The summed E-state index contributed by atoms with van der Waals surface area (Å²) in [5.41, 5.74) is 1.17. The zero-order valence-electron chi connectivity index (χ0n) is 11.7. The lowest BCUT2D eigenvalue weighted by atomic mass is 9.94. The Hall–Kier alpha value is -1.88. The molecular weight excluding hydrogens is 268 g/mol. The number of amides is 2. The maximum atomic E-state index is 12.6. The van der Waals surface area contributed by atoms with E-state index in [1.165, 1.54) is 0 Å². The van der Waals surface area contributed by atoms with Crippen molar-refractivity contribution >= 4 is 17.5 Å². The maximum absolute atomic E-state index is 12.6. The number of hydrogen-bond donors (Lipinski definition) is 2. The predicted octanol–water partition coefficient (Wildman–Crippen LogP) is 0.880. The zero-order chi connectivity index (χ0) is 14.6. The van der Waals surface area contributed by atoms with Gasteiger partial charge in [0, 0.05) is 18.8 Å². The molecule has 0 radical (unpaired) electrons. The molecule has 2 fully saturated rings. The van der Waals surface area contributed by atoms with E-state index in [1.807, 2.05) is 24.3 Å². The van der Waals surface area contributed by atoms with Gasteiger partial charge in [-0.25, -0.2) is 0 Å². The lowest BCUT2D eigenvalue weighted by Crippen LogP contribution is -2.42. The molecule has 1 saturated carbocycles. The summed E-state index contributed by atoms with van der Waals surface area (Å²) in [6.45, 7) is 1.19. The number of nitrogens with zero attached hydrogens (tertiary/aromatic N) is 1. The van der Waals surface area contributed by atoms with Gasteiger partial charge in [-0.15, -0.1) is 0 Å². The van der Waals surface area contributed by atoms with Gasteiger partial charge in [0.15, 0.2) is 0 Å². The second-order valence-corrected chi connectivity index (χ2v) is 6.28. The normalized spacial score (nSPS) is 31.2. The van der Waals surface area contributed by atoms with Crippen molar-refractivity contribution in [3.8, 4) is 0 Å². The molecule has 1 saturated heterocycles. The number of likely N-dealkylation sites (tertiary alicyclic amines) is 1. The van der Waals surface area contributed by atoms with Crippen molar-refractivity contribution in [2.24, 2.45) is 5.92 Å². The second kappa shape index (κ2) is 4.31. The molecule has 3 aliphatic rings. The van der Waals surface area contributed by atoms with Gasteiger partial charge >= 0.3 is 0 Å². The van der Waals surface area contributed by atoms with E-state index >= 15 is 0 Å². The van der Waals surface area contributed by atoms with Gasteiger partial charge in [0.25, 0.3) is 0 Å². The average Bonchev–Trinajstić information content (AvgIpc) is 3.18. The van der Waals surface area contributed by atoms with Crippen molar-refractivity contribution in [1.82, 2.24) is 4.90 Å². The van der Waals surface area contributed by atoms with Crippen molar-refractivity contribution in [3.63, 3.8) is 0 Å². The molecule has 0 aromatic heterocycles. The van der Waals surface area contributed by atoms with Crippen molar-refractivity contribution in [1.29, 1.82) is 0 Å². The number of rotatable bonds is 1. The Kier molecular flexibility index (Phi) is 2.63. The van der Waals surface area contributed by atoms with Gasteiger partial charge in [-0.1, -0.05) is 18.2 Å². The summed E-state index contributed by atoms with van der Waals surface area (Å²) < 4.78 is 0. The van der Waals surface area contributed by atoms with E-state index < -0.39 is 5.41 Å². The lowest BCUT2D eigenvalue weighted by Gasteiger charge is -2.30. The van der Waals surface area contributed by atoms with Crippen LogP contribution in [-0.4, -0.2) is 41.0 Å². The molecule has 1 spiro atoms. The Morgan fingerprint density at radius 2 is 2.00 bits per heavy atom. The van der Waals surface area contributed by atoms with Crippen LogP contribution in [0.25, 0.3) is 0 Å². The number of para-hydroxylation sites is 1. The molecule has 1 aromatic carbocycles. The number of piperidine rings is 1. The SMILES string of the molecule is O=C([C@H]1C[C@@]12C(=O)Nc1ccccc12)N1CCC(O)CC1. The zero-order valence-corrected chi connectivity index (χ0v) is 11.7. The summed E-state index contributed by atoms with van der Waals surface area (Å²) in [5.74, 6) is -0.218. The van der Waals surface area contributed by atoms with Crippen LogP contribution in [0.1, 0.15) is 24.8 Å². The summed E-state index contributed by atoms with van der Waals surface area (Å²) in [4.78, 5) is 26.8. The van der Waals surface area contributed by atoms with Crippen molar-refractivity contribution in [2.75, 3.05) is 18.4 Å². The van der Waals surface area contributed by atoms with E-state index in [-0.39, 0.29) is 23.8 Å². The number of aliphatic hydroxyl groups is 1. The molecule has 1 aromatic rings. The first-order valence-electron chi connectivity index (χ1n) is 7.51. The highest BCUT2D eigenvalue weighted by Crippen LogP contribution is 2.60. The van der Waals surface area contributed by atoms with Gasteiger partial charge in [0.1, 0.15) is 0 Å². The minimum absolute atomic E-state index is 0.0425. The van der Waals surface area contributed by atoms with E-state index in [0.717, 1.165) is 11.3 Å². The summed E-state index contributed by atoms with van der Waals surface area (Å²) in [6, 6.07) is 7.64. The highest BCUT2D eigenvalue weighted by Gasteiger charge is 2.68. The summed E-state index contributed by atoms with van der Waals surface area (Å²) in [5, 5.41) is 12.4. The third kappa shape index (κ3) is 1.73. The molecule has 1 aliphatic carbocycles. The lowest BCUT2D eigenvalue weighted by molar-refractivity contribution is -0.136. The topological polar surface area (TPSA) is 69.6 Å². The number of anilines is 1. The van der Waals surface area contributed by atoms with E-state index in [4.69, 9.17) is 0 Å². The monoisotopic (exact) mass is 286 g/mol. The smallest absolute Gasteiger partial charge is 0.235 e. The van der Waals surface area contributed by atoms with E-state index in [9.17, 15) is 14.7 Å². The van der Waals surface area contributed by atoms with Crippen molar-refractivity contribution in [3.05, 3.63) is 29.8 Å². The predicted molar refractivity (Wildman–Crippen MR) is 76.7 cm³/mol. The van der Waals surface area contributed by atoms with Crippen LogP contribution < -0.4 is 5.32 Å². The summed E-state index contributed by atoms with van der Waals surface area (Å²) in [7, 11) is 0. The van der Waals surface area contributed by atoms with Crippen LogP contribution in [0.4, 0.5) is 5.69 Å². The third-order valence-electron chi connectivity index (χ3n) is 5.10. The molecule has 110 valence electrons. The Labute approximate surface area is 122 Å². The first kappa shape index (κ1) is 12.8. The van der Waals surface area contributed by atoms with Gasteiger partial charge in [0.2, 0.25) is 11.8 Å².